The van der Waals surface area contributed by atoms with Crippen LogP contribution >= 0.6 is 23.5 Å². The zero-order valence-electron chi connectivity index (χ0n) is 11.9. The highest BCUT2D eigenvalue weighted by molar-refractivity contribution is 8.00. The van der Waals surface area contributed by atoms with Crippen molar-refractivity contribution >= 4 is 35.5 Å². The third kappa shape index (κ3) is 3.55. The van der Waals surface area contributed by atoms with E-state index in [0.717, 1.165) is 23.8 Å². The molecule has 0 aromatic carbocycles. The predicted octanol–water partition coefficient (Wildman–Crippen LogP) is 1.82. The lowest BCUT2D eigenvalue weighted by Gasteiger charge is -2.43. The molecule has 2 heterocycles. The number of thioether (sulfide) groups is 2. The van der Waals surface area contributed by atoms with Crippen LogP contribution in [0.2, 0.25) is 0 Å². The van der Waals surface area contributed by atoms with Crippen LogP contribution in [0.15, 0.2) is 0 Å². The Labute approximate surface area is 128 Å². The van der Waals surface area contributed by atoms with Crippen molar-refractivity contribution < 1.29 is 14.7 Å². The molecule has 1 N–H and O–H groups in total. The second-order valence-electron chi connectivity index (χ2n) is 5.31. The average Bonchev–Trinajstić information content (AvgIpc) is 2.41. The number of carbonyl (C=O) groups excluding carboxylic acids is 1. The summed E-state index contributed by atoms with van der Waals surface area (Å²) in [5, 5.41) is 9.44. The van der Waals surface area contributed by atoms with Gasteiger partial charge < -0.3 is 14.9 Å². The maximum Gasteiger partial charge on any atom is 0.320 e. The molecule has 0 spiro atoms. The van der Waals surface area contributed by atoms with Crippen LogP contribution in [-0.4, -0.2) is 74.6 Å². The number of hydrogen-bond acceptors (Lipinski definition) is 4. The lowest BCUT2D eigenvalue weighted by Crippen LogP contribution is -2.57. The van der Waals surface area contributed by atoms with Gasteiger partial charge in [-0.3, -0.25) is 4.79 Å². The van der Waals surface area contributed by atoms with Crippen molar-refractivity contribution in [3.63, 3.8) is 0 Å². The molecule has 0 aromatic rings. The molecule has 2 amide bonds. The number of carboxylic acids is 1. The minimum absolute atomic E-state index is 0.0243. The van der Waals surface area contributed by atoms with Gasteiger partial charge in [0, 0.05) is 41.6 Å². The number of nitrogens with zero attached hydrogens (tertiary/aromatic N) is 2. The summed E-state index contributed by atoms with van der Waals surface area (Å²) in [5.74, 6) is 1.76. The number of amides is 2. The fraction of sp³-hybridized carbons (Fsp3) is 0.846. The van der Waals surface area contributed by atoms with E-state index >= 15 is 0 Å². The molecule has 20 heavy (non-hydrogen) atoms. The molecule has 0 radical (unpaired) electrons. The number of carboxylic acid groups (broad SMARTS) is 1. The molecule has 2 rings (SSSR count). The van der Waals surface area contributed by atoms with E-state index in [1.54, 1.807) is 16.7 Å². The number of hydrogen-bond donors (Lipinski definition) is 1. The summed E-state index contributed by atoms with van der Waals surface area (Å²) in [6.07, 6.45) is 0.0469. The minimum atomic E-state index is -0.828. The van der Waals surface area contributed by atoms with E-state index in [1.165, 1.54) is 0 Å². The highest BCUT2D eigenvalue weighted by Gasteiger charge is 2.36. The minimum Gasteiger partial charge on any atom is -0.481 e. The Morgan fingerprint density at radius 2 is 1.90 bits per heavy atom. The Kier molecular flexibility index (Phi) is 5.49. The van der Waals surface area contributed by atoms with E-state index in [1.807, 2.05) is 16.7 Å². The molecule has 0 aromatic heterocycles. The molecule has 2 fully saturated rings. The fourth-order valence-corrected chi connectivity index (χ4v) is 4.81. The molecule has 0 saturated carbocycles. The van der Waals surface area contributed by atoms with Crippen molar-refractivity contribution in [2.24, 2.45) is 0 Å². The van der Waals surface area contributed by atoms with Gasteiger partial charge in [0.05, 0.1) is 12.5 Å². The van der Waals surface area contributed by atoms with E-state index in [9.17, 15) is 9.59 Å². The maximum absolute atomic E-state index is 12.7. The van der Waals surface area contributed by atoms with Crippen LogP contribution in [0.1, 0.15) is 20.3 Å². The smallest absolute Gasteiger partial charge is 0.320 e. The first kappa shape index (κ1) is 15.8. The highest BCUT2D eigenvalue weighted by atomic mass is 32.2. The maximum atomic E-state index is 12.7. The van der Waals surface area contributed by atoms with Crippen molar-refractivity contribution in [2.45, 2.75) is 37.6 Å². The van der Waals surface area contributed by atoms with E-state index in [2.05, 4.69) is 13.8 Å². The summed E-state index contributed by atoms with van der Waals surface area (Å²) >= 11 is 3.63. The quantitative estimate of drug-likeness (QED) is 0.841. The lowest BCUT2D eigenvalue weighted by atomic mass is 10.2. The Morgan fingerprint density at radius 1 is 1.20 bits per heavy atom. The summed E-state index contributed by atoms with van der Waals surface area (Å²) in [4.78, 5) is 27.4. The molecule has 2 saturated heterocycles. The summed E-state index contributed by atoms with van der Waals surface area (Å²) < 4.78 is 0. The fourth-order valence-electron chi connectivity index (χ4n) is 2.65. The van der Waals surface area contributed by atoms with E-state index < -0.39 is 5.97 Å². The van der Waals surface area contributed by atoms with E-state index in [-0.39, 0.29) is 24.5 Å². The number of aliphatic carboxylic acids is 1. The summed E-state index contributed by atoms with van der Waals surface area (Å²) in [6, 6.07) is 0.0633. The molecule has 3 unspecified atom stereocenters. The summed E-state index contributed by atoms with van der Waals surface area (Å²) in [5.41, 5.74) is 0. The molecule has 0 bridgehead atoms. The van der Waals surface area contributed by atoms with E-state index in [0.29, 0.717) is 11.8 Å². The van der Waals surface area contributed by atoms with Crippen molar-refractivity contribution in [3.8, 4) is 0 Å². The van der Waals surface area contributed by atoms with Gasteiger partial charge >= 0.3 is 12.0 Å². The summed E-state index contributed by atoms with van der Waals surface area (Å²) in [6.45, 7) is 5.65. The lowest BCUT2D eigenvalue weighted by molar-refractivity contribution is -0.138. The van der Waals surface area contributed by atoms with Gasteiger partial charge in [-0.1, -0.05) is 6.92 Å². The molecule has 114 valence electrons. The zero-order chi connectivity index (χ0) is 14.7. The Hall–Kier alpha value is -0.560. The van der Waals surface area contributed by atoms with Gasteiger partial charge in [0.1, 0.15) is 0 Å². The molecule has 2 aliphatic heterocycles. The number of urea groups is 1. The topological polar surface area (TPSA) is 60.9 Å². The second-order valence-corrected chi connectivity index (χ2v) is 7.95. The van der Waals surface area contributed by atoms with Gasteiger partial charge in [-0.15, -0.1) is 0 Å². The van der Waals surface area contributed by atoms with Crippen LogP contribution in [0.3, 0.4) is 0 Å². The molecule has 3 atom stereocenters. The van der Waals surface area contributed by atoms with Crippen molar-refractivity contribution in [2.75, 3.05) is 30.3 Å². The molecule has 2 aliphatic rings. The van der Waals surface area contributed by atoms with Gasteiger partial charge in [0.15, 0.2) is 0 Å². The van der Waals surface area contributed by atoms with Crippen LogP contribution in [0.5, 0.6) is 0 Å². The molecular weight excluding hydrogens is 296 g/mol. The van der Waals surface area contributed by atoms with Crippen molar-refractivity contribution in [1.29, 1.82) is 0 Å². The van der Waals surface area contributed by atoms with E-state index in [4.69, 9.17) is 5.11 Å². The van der Waals surface area contributed by atoms with Crippen LogP contribution in [0.4, 0.5) is 4.79 Å². The number of rotatable bonds is 2. The average molecular weight is 318 g/mol. The van der Waals surface area contributed by atoms with Crippen LogP contribution in [-0.2, 0) is 4.79 Å². The van der Waals surface area contributed by atoms with Gasteiger partial charge in [0.25, 0.3) is 0 Å². The monoisotopic (exact) mass is 318 g/mol. The third-order valence-corrected chi connectivity index (χ3v) is 6.44. The predicted molar refractivity (Wildman–Crippen MR) is 83.6 cm³/mol. The first-order chi connectivity index (χ1) is 9.50. The second kappa shape index (κ2) is 6.93. The molecule has 7 heteroatoms. The van der Waals surface area contributed by atoms with Gasteiger partial charge in [0.2, 0.25) is 0 Å². The van der Waals surface area contributed by atoms with Gasteiger partial charge in [-0.05, 0) is 6.92 Å². The Bertz CT molecular complexity index is 381. The number of carbonyl (C=O) groups is 2. The third-order valence-electron chi connectivity index (χ3n) is 4.01. The SMILES string of the molecule is CC1SCCN(C(=O)N2CCSCC2CC(=O)O)C1C. The first-order valence-electron chi connectivity index (χ1n) is 6.99. The summed E-state index contributed by atoms with van der Waals surface area (Å²) in [7, 11) is 0. The van der Waals surface area contributed by atoms with Crippen LogP contribution in [0.25, 0.3) is 0 Å². The van der Waals surface area contributed by atoms with Gasteiger partial charge in [-0.2, -0.15) is 23.5 Å². The van der Waals surface area contributed by atoms with Crippen molar-refractivity contribution in [3.05, 3.63) is 0 Å². The molecular formula is C13H22N2O3S2. The Balaban J connectivity index is 2.06. The largest absolute Gasteiger partial charge is 0.481 e. The molecule has 5 nitrogen and oxygen atoms in total. The zero-order valence-corrected chi connectivity index (χ0v) is 13.6. The van der Waals surface area contributed by atoms with Crippen molar-refractivity contribution in [1.82, 2.24) is 9.80 Å². The standard InChI is InChI=1S/C13H22N2O3S2/c1-9-10(2)20-6-4-14(9)13(18)15-3-5-19-8-11(15)7-12(16)17/h9-11H,3-8H2,1-2H3,(H,16,17). The molecule has 0 aliphatic carbocycles. The van der Waals surface area contributed by atoms with Gasteiger partial charge in [-0.25, -0.2) is 4.79 Å². The van der Waals surface area contributed by atoms with Crippen LogP contribution < -0.4 is 0 Å². The highest BCUT2D eigenvalue weighted by Crippen LogP contribution is 2.27. The first-order valence-corrected chi connectivity index (χ1v) is 9.19. The normalized spacial score (nSPS) is 31.2. The Morgan fingerprint density at radius 3 is 2.60 bits per heavy atom. The van der Waals surface area contributed by atoms with Crippen LogP contribution in [0, 0.1) is 0 Å².